The van der Waals surface area contributed by atoms with E-state index in [1.165, 1.54) is 7.11 Å². The van der Waals surface area contributed by atoms with E-state index < -0.39 is 10.0 Å². The first-order chi connectivity index (χ1) is 9.36. The third-order valence-electron chi connectivity index (χ3n) is 3.87. The van der Waals surface area contributed by atoms with Crippen molar-refractivity contribution >= 4 is 26.0 Å². The maximum atomic E-state index is 12.8. The van der Waals surface area contributed by atoms with Gasteiger partial charge in [0.05, 0.1) is 7.11 Å². The molecule has 6 heteroatoms. The molecule has 0 aliphatic carbocycles. The molecule has 0 aromatic heterocycles. The molecule has 0 N–H and O–H groups in total. The van der Waals surface area contributed by atoms with Gasteiger partial charge in [-0.15, -0.1) is 0 Å². The molecule has 0 amide bonds. The lowest BCUT2D eigenvalue weighted by molar-refractivity contribution is 0.382. The molecule has 1 aliphatic rings. The Labute approximate surface area is 129 Å². The predicted octanol–water partition coefficient (Wildman–Crippen LogP) is 3.12. The first kappa shape index (κ1) is 15.8. The zero-order valence-electron chi connectivity index (χ0n) is 12.0. The summed E-state index contributed by atoms with van der Waals surface area (Å²) >= 11 is 3.32. The standard InChI is InChI=1S/C14H20BrNO3S/c1-10(2)11-6-7-16(9-11)20(17,18)14-8-12(15)4-5-13(14)19-3/h4-5,8,10-11H,6-7,9H2,1-3H3. The van der Waals surface area contributed by atoms with Crippen molar-refractivity contribution in [3.8, 4) is 5.75 Å². The van der Waals surface area contributed by atoms with Crippen LogP contribution in [0.1, 0.15) is 20.3 Å². The van der Waals surface area contributed by atoms with Crippen LogP contribution in [0.15, 0.2) is 27.6 Å². The van der Waals surface area contributed by atoms with Gasteiger partial charge in [-0.25, -0.2) is 8.42 Å². The number of benzene rings is 1. The summed E-state index contributed by atoms with van der Waals surface area (Å²) in [6, 6.07) is 5.06. The van der Waals surface area contributed by atoms with Gasteiger partial charge in [-0.1, -0.05) is 29.8 Å². The molecule has 1 fully saturated rings. The van der Waals surface area contributed by atoms with E-state index >= 15 is 0 Å². The Hall–Kier alpha value is -0.590. The van der Waals surface area contributed by atoms with Crippen molar-refractivity contribution in [2.75, 3.05) is 20.2 Å². The zero-order chi connectivity index (χ0) is 14.9. The van der Waals surface area contributed by atoms with Crippen molar-refractivity contribution in [3.05, 3.63) is 22.7 Å². The number of nitrogens with zero attached hydrogens (tertiary/aromatic N) is 1. The maximum Gasteiger partial charge on any atom is 0.246 e. The monoisotopic (exact) mass is 361 g/mol. The van der Waals surface area contributed by atoms with Gasteiger partial charge in [-0.05, 0) is 36.5 Å². The van der Waals surface area contributed by atoms with Gasteiger partial charge in [0.15, 0.2) is 0 Å². The maximum absolute atomic E-state index is 12.8. The fourth-order valence-electron chi connectivity index (χ4n) is 2.51. The van der Waals surface area contributed by atoms with Crippen LogP contribution < -0.4 is 4.74 Å². The van der Waals surface area contributed by atoms with E-state index in [0.717, 1.165) is 10.9 Å². The fraction of sp³-hybridized carbons (Fsp3) is 0.571. The molecule has 0 saturated carbocycles. The Kier molecular flexibility index (Phi) is 4.76. The molecule has 0 bridgehead atoms. The number of sulfonamides is 1. The third-order valence-corrected chi connectivity index (χ3v) is 6.25. The number of hydrogen-bond acceptors (Lipinski definition) is 3. The highest BCUT2D eigenvalue weighted by Crippen LogP contribution is 2.33. The molecule has 1 unspecified atom stereocenters. The average Bonchev–Trinajstić information content (AvgIpc) is 2.89. The van der Waals surface area contributed by atoms with Gasteiger partial charge in [-0.3, -0.25) is 0 Å². The molecule has 112 valence electrons. The Bertz CT molecular complexity index is 586. The molecule has 1 aromatic carbocycles. The minimum Gasteiger partial charge on any atom is -0.495 e. The first-order valence-corrected chi connectivity index (χ1v) is 8.93. The van der Waals surface area contributed by atoms with Gasteiger partial charge in [0.1, 0.15) is 10.6 Å². The molecular formula is C14H20BrNO3S. The molecule has 0 radical (unpaired) electrons. The summed E-state index contributed by atoms with van der Waals surface area (Å²) in [7, 11) is -2.00. The molecule has 1 saturated heterocycles. The quantitative estimate of drug-likeness (QED) is 0.827. The predicted molar refractivity (Wildman–Crippen MR) is 82.4 cm³/mol. The second-order valence-corrected chi connectivity index (χ2v) is 8.27. The Morgan fingerprint density at radius 2 is 2.10 bits per heavy atom. The van der Waals surface area contributed by atoms with Gasteiger partial charge in [0.2, 0.25) is 10.0 Å². The third kappa shape index (κ3) is 3.02. The second kappa shape index (κ2) is 6.03. The molecule has 4 nitrogen and oxygen atoms in total. The van der Waals surface area contributed by atoms with Crippen LogP contribution in [0.5, 0.6) is 5.75 Å². The van der Waals surface area contributed by atoms with Crippen molar-refractivity contribution in [1.82, 2.24) is 4.31 Å². The molecule has 20 heavy (non-hydrogen) atoms. The van der Waals surface area contributed by atoms with E-state index in [1.54, 1.807) is 22.5 Å². The summed E-state index contributed by atoms with van der Waals surface area (Å²) in [5, 5.41) is 0. The fourth-order valence-corrected chi connectivity index (χ4v) is 4.71. The van der Waals surface area contributed by atoms with E-state index in [9.17, 15) is 8.42 Å². The van der Waals surface area contributed by atoms with E-state index in [4.69, 9.17) is 4.74 Å². The second-order valence-electron chi connectivity index (χ2n) is 5.45. The number of methoxy groups -OCH3 is 1. The Morgan fingerprint density at radius 3 is 2.65 bits per heavy atom. The van der Waals surface area contributed by atoms with Gasteiger partial charge >= 0.3 is 0 Å². The van der Waals surface area contributed by atoms with Gasteiger partial charge < -0.3 is 4.74 Å². The molecule has 2 rings (SSSR count). The van der Waals surface area contributed by atoms with Crippen molar-refractivity contribution in [1.29, 1.82) is 0 Å². The number of ether oxygens (including phenoxy) is 1. The highest BCUT2D eigenvalue weighted by Gasteiger charge is 2.35. The summed E-state index contributed by atoms with van der Waals surface area (Å²) in [5.41, 5.74) is 0. The molecular weight excluding hydrogens is 342 g/mol. The van der Waals surface area contributed by atoms with Crippen molar-refractivity contribution < 1.29 is 13.2 Å². The highest BCUT2D eigenvalue weighted by molar-refractivity contribution is 9.10. The van der Waals surface area contributed by atoms with Crippen LogP contribution in [-0.4, -0.2) is 32.9 Å². The first-order valence-electron chi connectivity index (χ1n) is 6.70. The van der Waals surface area contributed by atoms with Crippen LogP contribution in [0.2, 0.25) is 0 Å². The van der Waals surface area contributed by atoms with E-state index in [1.807, 2.05) is 0 Å². The molecule has 1 aromatic rings. The van der Waals surface area contributed by atoms with Crippen molar-refractivity contribution in [2.24, 2.45) is 11.8 Å². The summed E-state index contributed by atoms with van der Waals surface area (Å²) < 4.78 is 33.0. The van der Waals surface area contributed by atoms with Crippen LogP contribution >= 0.6 is 15.9 Å². The molecule has 1 aliphatic heterocycles. The average molecular weight is 362 g/mol. The lowest BCUT2D eigenvalue weighted by atomic mass is 9.96. The minimum absolute atomic E-state index is 0.235. The van der Waals surface area contributed by atoms with Crippen LogP contribution in [-0.2, 0) is 10.0 Å². The number of hydrogen-bond donors (Lipinski definition) is 0. The van der Waals surface area contributed by atoms with Crippen LogP contribution in [0.4, 0.5) is 0 Å². The summed E-state index contributed by atoms with van der Waals surface area (Å²) in [6.45, 7) is 5.46. The lowest BCUT2D eigenvalue weighted by Crippen LogP contribution is -2.29. The molecule has 1 atom stereocenters. The van der Waals surface area contributed by atoms with E-state index in [-0.39, 0.29) is 4.90 Å². The summed E-state index contributed by atoms with van der Waals surface area (Å²) in [6.07, 6.45) is 0.924. The van der Waals surface area contributed by atoms with Gasteiger partial charge in [0, 0.05) is 17.6 Å². The normalized spacial score (nSPS) is 20.6. The number of halogens is 1. The Balaban J connectivity index is 2.34. The van der Waals surface area contributed by atoms with Gasteiger partial charge in [0.25, 0.3) is 0 Å². The molecule has 0 spiro atoms. The van der Waals surface area contributed by atoms with E-state index in [2.05, 4.69) is 29.8 Å². The summed E-state index contributed by atoms with van der Waals surface area (Å²) in [4.78, 5) is 0.235. The van der Waals surface area contributed by atoms with Crippen LogP contribution in [0, 0.1) is 11.8 Å². The van der Waals surface area contributed by atoms with Crippen LogP contribution in [0.25, 0.3) is 0 Å². The highest BCUT2D eigenvalue weighted by atomic mass is 79.9. The topological polar surface area (TPSA) is 46.6 Å². The van der Waals surface area contributed by atoms with Crippen molar-refractivity contribution in [3.63, 3.8) is 0 Å². The number of rotatable bonds is 4. The SMILES string of the molecule is COc1ccc(Br)cc1S(=O)(=O)N1CCC(C(C)C)C1. The smallest absolute Gasteiger partial charge is 0.246 e. The zero-order valence-corrected chi connectivity index (χ0v) is 14.4. The van der Waals surface area contributed by atoms with Crippen LogP contribution in [0.3, 0.4) is 0 Å². The minimum atomic E-state index is -3.49. The van der Waals surface area contributed by atoms with Crippen molar-refractivity contribution in [2.45, 2.75) is 25.2 Å². The largest absolute Gasteiger partial charge is 0.495 e. The molecule has 1 heterocycles. The van der Waals surface area contributed by atoms with E-state index in [0.29, 0.717) is 30.7 Å². The van der Waals surface area contributed by atoms with Gasteiger partial charge in [-0.2, -0.15) is 4.31 Å². The summed E-state index contributed by atoms with van der Waals surface area (Å²) in [5.74, 6) is 1.32. The lowest BCUT2D eigenvalue weighted by Gasteiger charge is -2.19. The Morgan fingerprint density at radius 1 is 1.40 bits per heavy atom.